The van der Waals surface area contributed by atoms with Gasteiger partial charge in [-0.25, -0.2) is 4.98 Å². The molecule has 0 bridgehead atoms. The van der Waals surface area contributed by atoms with Gasteiger partial charge in [0.05, 0.1) is 6.21 Å². The van der Waals surface area contributed by atoms with E-state index in [-0.39, 0.29) is 0 Å². The topological polar surface area (TPSA) is 46.5 Å². The van der Waals surface area contributed by atoms with E-state index in [0.29, 0.717) is 6.61 Å². The average Bonchev–Trinajstić information content (AvgIpc) is 3.08. The summed E-state index contributed by atoms with van der Waals surface area (Å²) in [5.74, 6) is 0.842. The molecule has 3 aromatic rings. The maximum atomic E-state index is 5.74. The van der Waals surface area contributed by atoms with Gasteiger partial charge in [0, 0.05) is 11.6 Å². The van der Waals surface area contributed by atoms with E-state index in [1.165, 1.54) is 11.3 Å². The van der Waals surface area contributed by atoms with Crippen molar-refractivity contribution in [3.63, 3.8) is 0 Å². The molecule has 1 aromatic heterocycles. The van der Waals surface area contributed by atoms with Gasteiger partial charge in [0.15, 0.2) is 0 Å². The van der Waals surface area contributed by atoms with Gasteiger partial charge in [0.1, 0.15) is 12.4 Å². The number of ether oxygens (including phenoxy) is 1. The molecule has 110 valence electrons. The van der Waals surface area contributed by atoms with Crippen LogP contribution in [0.1, 0.15) is 11.1 Å². The number of rotatable bonds is 6. The normalized spacial score (nSPS) is 10.7. The second-order valence-electron chi connectivity index (χ2n) is 4.55. The first-order chi connectivity index (χ1) is 10.9. The Morgan fingerprint density at radius 3 is 2.64 bits per heavy atom. The van der Waals surface area contributed by atoms with Crippen molar-refractivity contribution >= 4 is 22.7 Å². The van der Waals surface area contributed by atoms with Gasteiger partial charge >= 0.3 is 0 Å². The highest BCUT2D eigenvalue weighted by molar-refractivity contribution is 7.13. The lowest BCUT2D eigenvalue weighted by molar-refractivity contribution is 0.306. The fourth-order valence-corrected chi connectivity index (χ4v) is 2.31. The molecule has 0 fully saturated rings. The Hall–Kier alpha value is -2.66. The molecule has 0 radical (unpaired) electrons. The fraction of sp³-hybridized carbons (Fsp3) is 0.0588. The molecule has 2 aromatic carbocycles. The summed E-state index contributed by atoms with van der Waals surface area (Å²) in [5, 5.41) is 6.82. The molecule has 0 saturated heterocycles. The highest BCUT2D eigenvalue weighted by Gasteiger charge is 1.96. The second kappa shape index (κ2) is 7.38. The molecule has 0 aliphatic carbocycles. The van der Waals surface area contributed by atoms with Crippen LogP contribution >= 0.6 is 11.3 Å². The summed E-state index contributed by atoms with van der Waals surface area (Å²) in [6, 6.07) is 17.9. The Morgan fingerprint density at radius 1 is 1.09 bits per heavy atom. The molecule has 0 atom stereocenters. The quantitative estimate of drug-likeness (QED) is 0.549. The maximum absolute atomic E-state index is 5.74. The number of anilines is 1. The summed E-state index contributed by atoms with van der Waals surface area (Å²) in [5.41, 5.74) is 5.03. The number of nitrogens with zero attached hydrogens (tertiary/aromatic N) is 2. The first kappa shape index (κ1) is 14.3. The van der Waals surface area contributed by atoms with Gasteiger partial charge in [-0.2, -0.15) is 5.10 Å². The number of hydrazone groups is 1. The lowest BCUT2D eigenvalue weighted by atomic mass is 10.2. The molecule has 22 heavy (non-hydrogen) atoms. The van der Waals surface area contributed by atoms with Crippen molar-refractivity contribution in [3.8, 4) is 5.75 Å². The van der Waals surface area contributed by atoms with E-state index < -0.39 is 0 Å². The van der Waals surface area contributed by atoms with E-state index in [0.717, 1.165) is 22.0 Å². The van der Waals surface area contributed by atoms with Crippen molar-refractivity contribution in [1.29, 1.82) is 0 Å². The molecule has 0 amide bonds. The first-order valence-electron chi connectivity index (χ1n) is 6.85. The first-order valence-corrected chi connectivity index (χ1v) is 7.73. The van der Waals surface area contributed by atoms with E-state index in [1.54, 1.807) is 12.4 Å². The Kier molecular flexibility index (Phi) is 4.79. The van der Waals surface area contributed by atoms with Gasteiger partial charge in [0.2, 0.25) is 5.13 Å². The van der Waals surface area contributed by atoms with Crippen molar-refractivity contribution in [2.24, 2.45) is 5.10 Å². The standard InChI is InChI=1S/C17H15N3OS/c1-2-4-15(5-3-1)13-21-16-8-6-14(7-9-16)12-19-20-17-18-10-11-22-17/h1-12H,13H2,(H,18,20)/b19-12+. The highest BCUT2D eigenvalue weighted by Crippen LogP contribution is 2.14. The van der Waals surface area contributed by atoms with Crippen LogP contribution < -0.4 is 10.2 Å². The Morgan fingerprint density at radius 2 is 1.91 bits per heavy atom. The highest BCUT2D eigenvalue weighted by atomic mass is 32.1. The van der Waals surface area contributed by atoms with E-state index in [9.17, 15) is 0 Å². The van der Waals surface area contributed by atoms with Crippen molar-refractivity contribution in [1.82, 2.24) is 4.98 Å². The molecule has 1 heterocycles. The van der Waals surface area contributed by atoms with Crippen molar-refractivity contribution in [2.45, 2.75) is 6.61 Å². The third kappa shape index (κ3) is 4.17. The minimum Gasteiger partial charge on any atom is -0.489 e. The van der Waals surface area contributed by atoms with Gasteiger partial charge in [-0.05, 0) is 35.4 Å². The number of nitrogens with one attached hydrogen (secondary N) is 1. The van der Waals surface area contributed by atoms with Crippen LogP contribution in [0, 0.1) is 0 Å². The lowest BCUT2D eigenvalue weighted by Crippen LogP contribution is -1.95. The maximum Gasteiger partial charge on any atom is 0.203 e. The Bertz CT molecular complexity index is 709. The van der Waals surface area contributed by atoms with Crippen LogP contribution in [0.3, 0.4) is 0 Å². The average molecular weight is 309 g/mol. The van der Waals surface area contributed by atoms with Gasteiger partial charge < -0.3 is 4.74 Å². The van der Waals surface area contributed by atoms with Gasteiger partial charge in [-0.3, -0.25) is 5.43 Å². The minimum absolute atomic E-state index is 0.569. The predicted molar refractivity (Wildman–Crippen MR) is 90.5 cm³/mol. The molecule has 3 rings (SSSR count). The SMILES string of the molecule is C(=N\Nc1nccs1)/c1ccc(OCc2ccccc2)cc1. The summed E-state index contributed by atoms with van der Waals surface area (Å²) in [4.78, 5) is 4.09. The number of hydrogen-bond donors (Lipinski definition) is 1. The second-order valence-corrected chi connectivity index (χ2v) is 5.45. The van der Waals surface area contributed by atoms with Crippen LogP contribution in [-0.2, 0) is 6.61 Å². The van der Waals surface area contributed by atoms with Gasteiger partial charge in [-0.15, -0.1) is 11.3 Å². The van der Waals surface area contributed by atoms with Crippen molar-refractivity contribution in [3.05, 3.63) is 77.3 Å². The van der Waals surface area contributed by atoms with E-state index in [2.05, 4.69) is 15.5 Å². The number of aromatic nitrogens is 1. The molecule has 0 spiro atoms. The van der Waals surface area contributed by atoms with Gasteiger partial charge in [0.25, 0.3) is 0 Å². The number of benzene rings is 2. The monoisotopic (exact) mass is 309 g/mol. The van der Waals surface area contributed by atoms with Gasteiger partial charge in [-0.1, -0.05) is 30.3 Å². The molecule has 0 aliphatic heterocycles. The molecule has 4 nitrogen and oxygen atoms in total. The third-order valence-corrected chi connectivity index (χ3v) is 3.61. The summed E-state index contributed by atoms with van der Waals surface area (Å²) < 4.78 is 5.74. The molecular weight excluding hydrogens is 294 g/mol. The molecule has 0 aliphatic rings. The zero-order chi connectivity index (χ0) is 15.0. The summed E-state index contributed by atoms with van der Waals surface area (Å²) in [6.07, 6.45) is 3.49. The van der Waals surface area contributed by atoms with Crippen LogP contribution in [0.5, 0.6) is 5.75 Å². The molecule has 0 saturated carbocycles. The lowest BCUT2D eigenvalue weighted by Gasteiger charge is -2.06. The predicted octanol–water partition coefficient (Wildman–Crippen LogP) is 4.17. The Balaban J connectivity index is 1.52. The summed E-state index contributed by atoms with van der Waals surface area (Å²) in [6.45, 7) is 0.569. The van der Waals surface area contributed by atoms with Crippen LogP contribution in [0.15, 0.2) is 71.3 Å². The molecular formula is C17H15N3OS. The Labute approximate surface area is 133 Å². The van der Waals surface area contributed by atoms with Crippen LogP contribution in [0.4, 0.5) is 5.13 Å². The third-order valence-electron chi connectivity index (χ3n) is 2.93. The van der Waals surface area contributed by atoms with Crippen LogP contribution in [0.25, 0.3) is 0 Å². The van der Waals surface area contributed by atoms with Crippen LogP contribution in [0.2, 0.25) is 0 Å². The minimum atomic E-state index is 0.569. The molecule has 1 N–H and O–H groups in total. The molecule has 0 unspecified atom stereocenters. The van der Waals surface area contributed by atoms with Crippen molar-refractivity contribution in [2.75, 3.05) is 5.43 Å². The van der Waals surface area contributed by atoms with E-state index in [1.807, 2.05) is 60.0 Å². The van der Waals surface area contributed by atoms with Crippen molar-refractivity contribution < 1.29 is 4.74 Å². The smallest absolute Gasteiger partial charge is 0.203 e. The largest absolute Gasteiger partial charge is 0.489 e. The summed E-state index contributed by atoms with van der Waals surface area (Å²) in [7, 11) is 0. The fourth-order valence-electron chi connectivity index (χ4n) is 1.83. The van der Waals surface area contributed by atoms with E-state index in [4.69, 9.17) is 4.74 Å². The summed E-state index contributed by atoms with van der Waals surface area (Å²) >= 11 is 1.51. The zero-order valence-corrected chi connectivity index (χ0v) is 12.7. The van der Waals surface area contributed by atoms with E-state index >= 15 is 0 Å². The zero-order valence-electron chi connectivity index (χ0n) is 11.8. The van der Waals surface area contributed by atoms with Crippen LogP contribution in [-0.4, -0.2) is 11.2 Å². The number of hydrogen-bond acceptors (Lipinski definition) is 5. The number of thiazole rings is 1. The molecule has 5 heteroatoms.